The summed E-state index contributed by atoms with van der Waals surface area (Å²) >= 11 is 0. The van der Waals surface area contributed by atoms with Crippen LogP contribution in [0.3, 0.4) is 0 Å². The van der Waals surface area contributed by atoms with E-state index in [0.29, 0.717) is 30.9 Å². The molecule has 0 fully saturated rings. The van der Waals surface area contributed by atoms with Crippen molar-refractivity contribution in [2.75, 3.05) is 13.2 Å². The maximum atomic E-state index is 13.5. The van der Waals surface area contributed by atoms with Crippen LogP contribution in [0.1, 0.15) is 31.5 Å². The zero-order valence-corrected chi connectivity index (χ0v) is 8.95. The van der Waals surface area contributed by atoms with Gasteiger partial charge in [-0.3, -0.25) is 4.98 Å². The standard InChI is InChI=1S/C11H17FN2O/c1-2-5-15-10-6-9(7-14-8-10)11(12)3-4-13/h6-8,11H,2-5,13H2,1H3. The molecule has 1 rings (SSSR count). The average molecular weight is 212 g/mol. The van der Waals surface area contributed by atoms with Crippen molar-refractivity contribution in [2.45, 2.75) is 25.9 Å². The van der Waals surface area contributed by atoms with E-state index < -0.39 is 6.17 Å². The Bertz CT molecular complexity index is 294. The van der Waals surface area contributed by atoms with E-state index in [-0.39, 0.29) is 0 Å². The van der Waals surface area contributed by atoms with Crippen molar-refractivity contribution < 1.29 is 9.13 Å². The van der Waals surface area contributed by atoms with Crippen LogP contribution in [0.15, 0.2) is 18.5 Å². The number of hydrogen-bond acceptors (Lipinski definition) is 3. The first-order chi connectivity index (χ1) is 7.27. The van der Waals surface area contributed by atoms with Crippen LogP contribution in [0, 0.1) is 0 Å². The van der Waals surface area contributed by atoms with Crippen LogP contribution in [0.5, 0.6) is 5.75 Å². The van der Waals surface area contributed by atoms with Gasteiger partial charge in [0.05, 0.1) is 12.8 Å². The van der Waals surface area contributed by atoms with Gasteiger partial charge < -0.3 is 10.5 Å². The van der Waals surface area contributed by atoms with Crippen molar-refractivity contribution >= 4 is 0 Å². The highest BCUT2D eigenvalue weighted by molar-refractivity contribution is 5.25. The molecule has 2 N–H and O–H groups in total. The highest BCUT2D eigenvalue weighted by atomic mass is 19.1. The second-order valence-electron chi connectivity index (χ2n) is 3.35. The fourth-order valence-electron chi connectivity index (χ4n) is 1.22. The largest absolute Gasteiger partial charge is 0.492 e. The minimum atomic E-state index is -1.05. The lowest BCUT2D eigenvalue weighted by atomic mass is 10.1. The molecule has 3 nitrogen and oxygen atoms in total. The van der Waals surface area contributed by atoms with Gasteiger partial charge in [-0.1, -0.05) is 6.92 Å². The van der Waals surface area contributed by atoms with Gasteiger partial charge in [-0.25, -0.2) is 4.39 Å². The number of rotatable bonds is 6. The molecule has 1 aromatic rings. The monoisotopic (exact) mass is 212 g/mol. The number of nitrogens with zero attached hydrogens (tertiary/aromatic N) is 1. The summed E-state index contributed by atoms with van der Waals surface area (Å²) in [5.74, 6) is 0.619. The molecule has 84 valence electrons. The van der Waals surface area contributed by atoms with E-state index in [4.69, 9.17) is 10.5 Å². The smallest absolute Gasteiger partial charge is 0.137 e. The summed E-state index contributed by atoms with van der Waals surface area (Å²) in [5, 5.41) is 0. The third-order valence-corrected chi connectivity index (χ3v) is 1.99. The fraction of sp³-hybridized carbons (Fsp3) is 0.545. The molecule has 0 aliphatic heterocycles. The molecule has 1 atom stereocenters. The van der Waals surface area contributed by atoms with Crippen molar-refractivity contribution in [3.63, 3.8) is 0 Å². The van der Waals surface area contributed by atoms with E-state index in [0.717, 1.165) is 6.42 Å². The predicted molar refractivity (Wildman–Crippen MR) is 57.5 cm³/mol. The van der Waals surface area contributed by atoms with Gasteiger partial charge in [0, 0.05) is 11.8 Å². The summed E-state index contributed by atoms with van der Waals surface area (Å²) in [6.45, 7) is 2.98. The zero-order valence-electron chi connectivity index (χ0n) is 8.95. The molecule has 0 aliphatic rings. The summed E-state index contributed by atoms with van der Waals surface area (Å²) in [6, 6.07) is 1.68. The van der Waals surface area contributed by atoms with E-state index in [1.807, 2.05) is 6.92 Å². The normalized spacial score (nSPS) is 12.5. The Morgan fingerprint density at radius 2 is 2.33 bits per heavy atom. The Labute approximate surface area is 89.5 Å². The van der Waals surface area contributed by atoms with Gasteiger partial charge in [-0.05, 0) is 25.5 Å². The molecule has 0 spiro atoms. The Morgan fingerprint density at radius 1 is 1.53 bits per heavy atom. The molecule has 0 aliphatic carbocycles. The van der Waals surface area contributed by atoms with Crippen LogP contribution in [-0.4, -0.2) is 18.1 Å². The van der Waals surface area contributed by atoms with Crippen LogP contribution in [-0.2, 0) is 0 Å². The molecule has 1 heterocycles. The van der Waals surface area contributed by atoms with Gasteiger partial charge in [0.25, 0.3) is 0 Å². The second kappa shape index (κ2) is 6.35. The van der Waals surface area contributed by atoms with Crippen molar-refractivity contribution in [3.8, 4) is 5.75 Å². The summed E-state index contributed by atoms with van der Waals surface area (Å²) in [7, 11) is 0. The van der Waals surface area contributed by atoms with E-state index in [2.05, 4.69) is 4.98 Å². The van der Waals surface area contributed by atoms with Crippen LogP contribution in [0.2, 0.25) is 0 Å². The van der Waals surface area contributed by atoms with Gasteiger partial charge in [-0.15, -0.1) is 0 Å². The topological polar surface area (TPSA) is 48.1 Å². The SMILES string of the molecule is CCCOc1cncc(C(F)CCN)c1. The molecule has 4 heteroatoms. The predicted octanol–water partition coefficient (Wildman–Crippen LogP) is 2.23. The van der Waals surface area contributed by atoms with E-state index in [1.54, 1.807) is 12.3 Å². The Hall–Kier alpha value is -1.16. The minimum absolute atomic E-state index is 0.318. The minimum Gasteiger partial charge on any atom is -0.492 e. The van der Waals surface area contributed by atoms with Crippen LogP contribution >= 0.6 is 0 Å². The van der Waals surface area contributed by atoms with E-state index >= 15 is 0 Å². The molecule has 0 amide bonds. The fourth-order valence-corrected chi connectivity index (χ4v) is 1.22. The number of ether oxygens (including phenoxy) is 1. The van der Waals surface area contributed by atoms with Crippen molar-refractivity contribution in [1.29, 1.82) is 0 Å². The highest BCUT2D eigenvalue weighted by Crippen LogP contribution is 2.23. The number of hydrogen-bond donors (Lipinski definition) is 1. The van der Waals surface area contributed by atoms with Crippen molar-refractivity contribution in [3.05, 3.63) is 24.0 Å². The van der Waals surface area contributed by atoms with E-state index in [9.17, 15) is 4.39 Å². The lowest BCUT2D eigenvalue weighted by Crippen LogP contribution is -2.04. The van der Waals surface area contributed by atoms with Gasteiger partial charge >= 0.3 is 0 Å². The summed E-state index contributed by atoms with van der Waals surface area (Å²) in [4.78, 5) is 3.94. The van der Waals surface area contributed by atoms with Gasteiger partial charge in [0.2, 0.25) is 0 Å². The molecule has 0 saturated carbocycles. The molecule has 15 heavy (non-hydrogen) atoms. The number of halogens is 1. The van der Waals surface area contributed by atoms with E-state index in [1.165, 1.54) is 6.20 Å². The van der Waals surface area contributed by atoms with Crippen LogP contribution < -0.4 is 10.5 Å². The summed E-state index contributed by atoms with van der Waals surface area (Å²) in [5.41, 5.74) is 5.83. The third-order valence-electron chi connectivity index (χ3n) is 1.99. The Kier molecular flexibility index (Phi) is 5.04. The maximum Gasteiger partial charge on any atom is 0.137 e. The molecule has 0 saturated heterocycles. The second-order valence-corrected chi connectivity index (χ2v) is 3.35. The summed E-state index contributed by atoms with van der Waals surface area (Å²) < 4.78 is 18.8. The van der Waals surface area contributed by atoms with Crippen molar-refractivity contribution in [2.24, 2.45) is 5.73 Å². The molecule has 1 aromatic heterocycles. The number of nitrogens with two attached hydrogens (primary N) is 1. The highest BCUT2D eigenvalue weighted by Gasteiger charge is 2.09. The molecule has 0 radical (unpaired) electrons. The quantitative estimate of drug-likeness (QED) is 0.786. The lowest BCUT2D eigenvalue weighted by molar-refractivity contribution is 0.307. The molecular formula is C11H17FN2O. The molecule has 0 bridgehead atoms. The van der Waals surface area contributed by atoms with Crippen molar-refractivity contribution in [1.82, 2.24) is 4.98 Å². The first-order valence-corrected chi connectivity index (χ1v) is 5.19. The van der Waals surface area contributed by atoms with Crippen LogP contribution in [0.4, 0.5) is 4.39 Å². The van der Waals surface area contributed by atoms with Gasteiger partial charge in [0.1, 0.15) is 11.9 Å². The Balaban J connectivity index is 2.64. The first-order valence-electron chi connectivity index (χ1n) is 5.19. The maximum absolute atomic E-state index is 13.5. The van der Waals surface area contributed by atoms with Gasteiger partial charge in [-0.2, -0.15) is 0 Å². The number of aromatic nitrogens is 1. The summed E-state index contributed by atoms with van der Waals surface area (Å²) in [6.07, 6.45) is 3.30. The lowest BCUT2D eigenvalue weighted by Gasteiger charge is -2.09. The number of pyridine rings is 1. The van der Waals surface area contributed by atoms with Gasteiger partial charge in [0.15, 0.2) is 0 Å². The Morgan fingerprint density at radius 3 is 3.00 bits per heavy atom. The molecular weight excluding hydrogens is 195 g/mol. The zero-order chi connectivity index (χ0) is 11.1. The third kappa shape index (κ3) is 3.83. The first kappa shape index (κ1) is 11.9. The molecule has 0 aromatic carbocycles. The average Bonchev–Trinajstić information content (AvgIpc) is 2.27. The number of alkyl halides is 1. The van der Waals surface area contributed by atoms with Crippen LogP contribution in [0.25, 0.3) is 0 Å². The molecule has 1 unspecified atom stereocenters.